The van der Waals surface area contributed by atoms with Gasteiger partial charge in [-0.25, -0.2) is 0 Å². The predicted molar refractivity (Wildman–Crippen MR) is 116 cm³/mol. The van der Waals surface area contributed by atoms with Crippen molar-refractivity contribution in [3.63, 3.8) is 0 Å². The summed E-state index contributed by atoms with van der Waals surface area (Å²) >= 11 is 0. The lowest BCUT2D eigenvalue weighted by atomic mass is 10.0. The van der Waals surface area contributed by atoms with Crippen molar-refractivity contribution in [2.75, 3.05) is 6.61 Å². The van der Waals surface area contributed by atoms with E-state index < -0.39 is 0 Å². The number of nitrogens with zero attached hydrogens (tertiary/aromatic N) is 1. The number of amides is 1. The summed E-state index contributed by atoms with van der Waals surface area (Å²) in [4.78, 5) is 22.3. The molecule has 2 N–H and O–H groups in total. The highest BCUT2D eigenvalue weighted by Gasteiger charge is 2.22. The van der Waals surface area contributed by atoms with Crippen LogP contribution in [-0.4, -0.2) is 18.3 Å². The van der Waals surface area contributed by atoms with Crippen LogP contribution in [0.1, 0.15) is 43.8 Å². The van der Waals surface area contributed by atoms with Crippen molar-refractivity contribution in [1.29, 1.82) is 5.26 Å². The van der Waals surface area contributed by atoms with Crippen molar-refractivity contribution < 1.29 is 19.1 Å². The maximum atomic E-state index is 11.8. The van der Waals surface area contributed by atoms with E-state index in [1.807, 2.05) is 25.1 Å². The lowest BCUT2D eigenvalue weighted by Crippen LogP contribution is -2.16. The molecule has 0 aliphatic carbocycles. The minimum atomic E-state index is -0.379. The van der Waals surface area contributed by atoms with Gasteiger partial charge in [-0.3, -0.25) is 9.59 Å². The second-order valence-corrected chi connectivity index (χ2v) is 6.92. The van der Waals surface area contributed by atoms with Crippen LogP contribution in [0.15, 0.2) is 66.7 Å². The fourth-order valence-corrected chi connectivity index (χ4v) is 3.11. The van der Waals surface area contributed by atoms with Crippen LogP contribution in [0, 0.1) is 18.3 Å². The number of hydrogen-bond donors (Lipinski definition) is 1. The van der Waals surface area contributed by atoms with Gasteiger partial charge in [-0.2, -0.15) is 5.26 Å². The number of fused-ring (bicyclic) bond motifs is 1. The third-order valence-corrected chi connectivity index (χ3v) is 4.74. The lowest BCUT2D eigenvalue weighted by molar-refractivity contribution is 0.0931. The molecule has 4 rings (SSSR count). The van der Waals surface area contributed by atoms with Crippen molar-refractivity contribution in [1.82, 2.24) is 0 Å². The van der Waals surface area contributed by atoms with E-state index in [2.05, 4.69) is 6.07 Å². The molecular weight excluding hydrogens is 392 g/mol. The molecule has 0 saturated carbocycles. The van der Waals surface area contributed by atoms with E-state index in [9.17, 15) is 9.59 Å². The van der Waals surface area contributed by atoms with Crippen molar-refractivity contribution >= 4 is 11.7 Å². The third kappa shape index (κ3) is 5.49. The Morgan fingerprint density at radius 1 is 1.13 bits per heavy atom. The zero-order valence-corrected chi connectivity index (χ0v) is 17.1. The molecule has 1 amide bonds. The number of carbonyl (C=O) groups excluding carboxylic acids is 2. The average molecular weight is 414 g/mol. The number of nitrogens with two attached hydrogens (primary N) is 1. The molecular formula is C25H22N2O4. The third-order valence-electron chi connectivity index (χ3n) is 4.74. The maximum Gasteiger partial charge on any atom is 0.248 e. The first-order valence-corrected chi connectivity index (χ1v) is 9.76. The summed E-state index contributed by atoms with van der Waals surface area (Å²) in [6.07, 6.45) is 0.424. The number of ketones is 1. The number of carbonyl (C=O) groups is 2. The minimum Gasteiger partial charge on any atom is -0.492 e. The summed E-state index contributed by atoms with van der Waals surface area (Å²) < 4.78 is 11.4. The Morgan fingerprint density at radius 3 is 2.58 bits per heavy atom. The summed E-state index contributed by atoms with van der Waals surface area (Å²) in [7, 11) is 0. The molecule has 0 saturated heterocycles. The van der Waals surface area contributed by atoms with Crippen LogP contribution >= 0.6 is 0 Å². The Kier molecular flexibility index (Phi) is 7.02. The normalized spacial score (nSPS) is 11.8. The molecule has 0 unspecified atom stereocenters. The molecule has 31 heavy (non-hydrogen) atoms. The first-order chi connectivity index (χ1) is 15.0. The van der Waals surface area contributed by atoms with E-state index in [4.69, 9.17) is 20.5 Å². The number of ether oxygens (including phenoxy) is 2. The molecule has 1 heterocycles. The molecule has 6 heteroatoms. The predicted octanol–water partition coefficient (Wildman–Crippen LogP) is 4.20. The van der Waals surface area contributed by atoms with Gasteiger partial charge >= 0.3 is 0 Å². The molecule has 0 bridgehead atoms. The highest BCUT2D eigenvalue weighted by molar-refractivity contribution is 6.00. The monoisotopic (exact) mass is 414 g/mol. The Bertz CT molecular complexity index is 1130. The summed E-state index contributed by atoms with van der Waals surface area (Å²) in [5.74, 6) is 1.04. The Hall–Kier alpha value is -4.11. The first-order valence-electron chi connectivity index (χ1n) is 9.76. The fraction of sp³-hybridized carbons (Fsp3) is 0.160. The number of benzene rings is 3. The molecule has 3 aromatic carbocycles. The van der Waals surface area contributed by atoms with Gasteiger partial charge in [0.15, 0.2) is 5.78 Å². The lowest BCUT2D eigenvalue weighted by Gasteiger charge is -2.20. The van der Waals surface area contributed by atoms with Gasteiger partial charge in [0.05, 0.1) is 23.8 Å². The fourth-order valence-electron chi connectivity index (χ4n) is 3.11. The molecule has 3 aromatic rings. The maximum absolute atomic E-state index is 11.8. The summed E-state index contributed by atoms with van der Waals surface area (Å²) in [6, 6.07) is 21.7. The molecule has 6 nitrogen and oxygen atoms in total. The van der Waals surface area contributed by atoms with Crippen LogP contribution in [0.25, 0.3) is 0 Å². The smallest absolute Gasteiger partial charge is 0.248 e. The van der Waals surface area contributed by atoms with E-state index in [1.165, 1.54) is 0 Å². The SMILES string of the molecule is Cc1c(OCc2cccc(C#N)c2)ccc2c1OCCC2=O.NC(=O)c1ccccc1. The van der Waals surface area contributed by atoms with Gasteiger partial charge in [-0.15, -0.1) is 0 Å². The van der Waals surface area contributed by atoms with Crippen LogP contribution in [0.2, 0.25) is 0 Å². The number of Topliss-reactive ketones (excluding diaryl/α,β-unsaturated/α-hetero) is 1. The van der Waals surface area contributed by atoms with Gasteiger partial charge in [0.1, 0.15) is 18.1 Å². The topological polar surface area (TPSA) is 102 Å². The van der Waals surface area contributed by atoms with E-state index >= 15 is 0 Å². The van der Waals surface area contributed by atoms with Crippen molar-refractivity contribution in [3.05, 3.63) is 94.5 Å². The largest absolute Gasteiger partial charge is 0.492 e. The van der Waals surface area contributed by atoms with Crippen LogP contribution in [0.3, 0.4) is 0 Å². The molecule has 0 aromatic heterocycles. The summed E-state index contributed by atoms with van der Waals surface area (Å²) in [5, 5.41) is 8.91. The zero-order valence-electron chi connectivity index (χ0n) is 17.1. The van der Waals surface area contributed by atoms with Gasteiger partial charge in [-0.1, -0.05) is 30.3 Å². The molecule has 0 fully saturated rings. The second-order valence-electron chi connectivity index (χ2n) is 6.92. The van der Waals surface area contributed by atoms with E-state index in [0.717, 1.165) is 11.1 Å². The van der Waals surface area contributed by atoms with E-state index in [0.29, 0.717) is 47.8 Å². The van der Waals surface area contributed by atoms with Crippen LogP contribution in [0.4, 0.5) is 0 Å². The van der Waals surface area contributed by atoms with Crippen LogP contribution < -0.4 is 15.2 Å². The van der Waals surface area contributed by atoms with Crippen molar-refractivity contribution in [2.45, 2.75) is 20.0 Å². The summed E-state index contributed by atoms with van der Waals surface area (Å²) in [6.45, 7) is 2.67. The van der Waals surface area contributed by atoms with Gasteiger partial charge in [-0.05, 0) is 48.9 Å². The van der Waals surface area contributed by atoms with Gasteiger partial charge in [0, 0.05) is 17.5 Å². The Morgan fingerprint density at radius 2 is 1.90 bits per heavy atom. The molecule has 1 aliphatic rings. The Balaban J connectivity index is 0.000000254. The number of hydrogen-bond acceptors (Lipinski definition) is 5. The quantitative estimate of drug-likeness (QED) is 0.689. The van der Waals surface area contributed by atoms with E-state index in [-0.39, 0.29) is 11.7 Å². The minimum absolute atomic E-state index is 0.109. The highest BCUT2D eigenvalue weighted by atomic mass is 16.5. The standard InChI is InChI=1S/C18H15NO3.C7H7NO/c1-12-17(6-5-15-16(20)7-8-21-18(12)15)22-11-14-4-2-3-13(9-14)10-19;8-7(9)6-4-2-1-3-5-6/h2-6,9H,7-8,11H2,1H3;1-5H,(H2,8,9). The molecule has 0 spiro atoms. The zero-order chi connectivity index (χ0) is 22.2. The van der Waals surface area contributed by atoms with Crippen molar-refractivity contribution in [2.24, 2.45) is 5.73 Å². The van der Waals surface area contributed by atoms with E-state index in [1.54, 1.807) is 48.5 Å². The average Bonchev–Trinajstić information content (AvgIpc) is 2.80. The molecule has 0 radical (unpaired) electrons. The highest BCUT2D eigenvalue weighted by Crippen LogP contribution is 2.35. The van der Waals surface area contributed by atoms with Gasteiger partial charge in [0.25, 0.3) is 0 Å². The number of rotatable bonds is 4. The molecule has 0 atom stereocenters. The first kappa shape index (κ1) is 21.6. The molecule has 1 aliphatic heterocycles. The number of nitriles is 1. The van der Waals surface area contributed by atoms with Gasteiger partial charge in [0.2, 0.25) is 5.91 Å². The number of primary amides is 1. The van der Waals surface area contributed by atoms with Crippen LogP contribution in [0.5, 0.6) is 11.5 Å². The Labute approximate surface area is 180 Å². The molecule has 156 valence electrons. The second kappa shape index (κ2) is 10.1. The van der Waals surface area contributed by atoms with Crippen LogP contribution in [-0.2, 0) is 6.61 Å². The summed E-state index contributed by atoms with van der Waals surface area (Å²) in [5.41, 5.74) is 8.52. The van der Waals surface area contributed by atoms with Gasteiger partial charge < -0.3 is 15.2 Å². The van der Waals surface area contributed by atoms with Crippen molar-refractivity contribution in [3.8, 4) is 17.6 Å².